The SMILES string of the molecule is CC(C)(C(=O)N1CCN(C(=O)CCc2nc(-c3ccco3)no2)CC1)c1ccccc1. The number of hydrogen-bond donors (Lipinski definition) is 0. The van der Waals surface area contributed by atoms with E-state index in [4.69, 9.17) is 8.94 Å². The lowest BCUT2D eigenvalue weighted by Crippen LogP contribution is -2.54. The number of hydrogen-bond acceptors (Lipinski definition) is 6. The molecule has 4 rings (SSSR count). The number of furan rings is 1. The Hall–Kier alpha value is -3.42. The summed E-state index contributed by atoms with van der Waals surface area (Å²) in [5.74, 6) is 1.41. The Kier molecular flexibility index (Phi) is 5.88. The van der Waals surface area contributed by atoms with E-state index in [-0.39, 0.29) is 18.2 Å². The Bertz CT molecular complexity index is 1020. The summed E-state index contributed by atoms with van der Waals surface area (Å²) in [5, 5.41) is 3.88. The van der Waals surface area contributed by atoms with Crippen LogP contribution in [0.25, 0.3) is 11.6 Å². The first-order valence-electron chi connectivity index (χ1n) is 10.4. The zero-order valence-electron chi connectivity index (χ0n) is 17.8. The zero-order chi connectivity index (χ0) is 21.8. The Morgan fingerprint density at radius 2 is 1.71 bits per heavy atom. The molecule has 0 radical (unpaired) electrons. The largest absolute Gasteiger partial charge is 0.461 e. The van der Waals surface area contributed by atoms with Crippen LogP contribution in [0.1, 0.15) is 31.7 Å². The van der Waals surface area contributed by atoms with Crippen LogP contribution in [0.4, 0.5) is 0 Å². The summed E-state index contributed by atoms with van der Waals surface area (Å²) in [6, 6.07) is 13.3. The first-order valence-corrected chi connectivity index (χ1v) is 10.4. The van der Waals surface area contributed by atoms with E-state index in [2.05, 4.69) is 10.1 Å². The standard InChI is InChI=1S/C23H26N4O4/c1-23(2,17-7-4-3-5-8-17)22(29)27-14-12-26(13-15-27)20(28)11-10-19-24-21(25-31-19)18-9-6-16-30-18/h3-9,16H,10-15H2,1-2H3. The third-order valence-corrected chi connectivity index (χ3v) is 5.71. The molecule has 0 N–H and O–H groups in total. The monoisotopic (exact) mass is 422 g/mol. The summed E-state index contributed by atoms with van der Waals surface area (Å²) in [6.07, 6.45) is 2.19. The van der Waals surface area contributed by atoms with Gasteiger partial charge in [0.05, 0.1) is 11.7 Å². The van der Waals surface area contributed by atoms with Gasteiger partial charge in [-0.2, -0.15) is 4.98 Å². The fraction of sp³-hybridized carbons (Fsp3) is 0.391. The summed E-state index contributed by atoms with van der Waals surface area (Å²) < 4.78 is 10.5. The van der Waals surface area contributed by atoms with Crippen LogP contribution < -0.4 is 0 Å². The lowest BCUT2D eigenvalue weighted by molar-refractivity contribution is -0.142. The molecule has 0 spiro atoms. The van der Waals surface area contributed by atoms with Gasteiger partial charge < -0.3 is 18.7 Å². The second-order valence-electron chi connectivity index (χ2n) is 8.15. The average molecular weight is 422 g/mol. The second-order valence-corrected chi connectivity index (χ2v) is 8.15. The summed E-state index contributed by atoms with van der Waals surface area (Å²) in [6.45, 7) is 6.01. The number of aromatic nitrogens is 2. The van der Waals surface area contributed by atoms with Gasteiger partial charge in [0.1, 0.15) is 0 Å². The predicted molar refractivity (Wildman–Crippen MR) is 113 cm³/mol. The highest BCUT2D eigenvalue weighted by Gasteiger charge is 2.35. The molecule has 3 heterocycles. The van der Waals surface area contributed by atoms with Gasteiger partial charge >= 0.3 is 0 Å². The lowest BCUT2D eigenvalue weighted by Gasteiger charge is -2.38. The van der Waals surface area contributed by atoms with E-state index in [1.54, 1.807) is 23.3 Å². The molecule has 2 amide bonds. The number of piperazine rings is 1. The molecular weight excluding hydrogens is 396 g/mol. The van der Waals surface area contributed by atoms with Crippen molar-refractivity contribution in [1.29, 1.82) is 0 Å². The molecule has 1 aliphatic heterocycles. The molecule has 1 aliphatic rings. The highest BCUT2D eigenvalue weighted by atomic mass is 16.5. The predicted octanol–water partition coefficient (Wildman–Crippen LogP) is 2.91. The van der Waals surface area contributed by atoms with E-state index in [0.717, 1.165) is 5.56 Å². The molecule has 1 saturated heterocycles. The number of rotatable bonds is 6. The molecule has 0 unspecified atom stereocenters. The van der Waals surface area contributed by atoms with Crippen molar-refractivity contribution in [3.8, 4) is 11.6 Å². The van der Waals surface area contributed by atoms with Crippen LogP contribution in [0.2, 0.25) is 0 Å². The Labute approximate surface area is 180 Å². The van der Waals surface area contributed by atoms with Crippen LogP contribution in [0.5, 0.6) is 0 Å². The molecule has 3 aromatic rings. The highest BCUT2D eigenvalue weighted by Crippen LogP contribution is 2.26. The van der Waals surface area contributed by atoms with Crippen molar-refractivity contribution >= 4 is 11.8 Å². The van der Waals surface area contributed by atoms with E-state index in [9.17, 15) is 9.59 Å². The van der Waals surface area contributed by atoms with E-state index in [0.29, 0.717) is 50.1 Å². The Morgan fingerprint density at radius 1 is 1.00 bits per heavy atom. The van der Waals surface area contributed by atoms with Gasteiger partial charge in [-0.3, -0.25) is 9.59 Å². The number of carbonyl (C=O) groups excluding carboxylic acids is 2. The van der Waals surface area contributed by atoms with E-state index in [1.165, 1.54) is 0 Å². The molecule has 2 aromatic heterocycles. The molecule has 1 fully saturated rings. The Morgan fingerprint density at radius 3 is 2.39 bits per heavy atom. The molecule has 8 nitrogen and oxygen atoms in total. The summed E-state index contributed by atoms with van der Waals surface area (Å²) in [5.41, 5.74) is 0.392. The third-order valence-electron chi connectivity index (χ3n) is 5.71. The summed E-state index contributed by atoms with van der Waals surface area (Å²) >= 11 is 0. The van der Waals surface area contributed by atoms with Crippen LogP contribution in [-0.2, 0) is 21.4 Å². The van der Waals surface area contributed by atoms with Gasteiger partial charge in [-0.05, 0) is 31.5 Å². The smallest absolute Gasteiger partial charge is 0.238 e. The summed E-state index contributed by atoms with van der Waals surface area (Å²) in [4.78, 5) is 33.6. The second kappa shape index (κ2) is 8.75. The minimum atomic E-state index is -0.600. The number of carbonyl (C=O) groups is 2. The molecule has 162 valence electrons. The van der Waals surface area contributed by atoms with Gasteiger partial charge in [0.2, 0.25) is 23.5 Å². The molecule has 8 heteroatoms. The van der Waals surface area contributed by atoms with E-state index < -0.39 is 5.41 Å². The third kappa shape index (κ3) is 4.52. The minimum Gasteiger partial charge on any atom is -0.461 e. The van der Waals surface area contributed by atoms with Crippen molar-refractivity contribution in [3.63, 3.8) is 0 Å². The van der Waals surface area contributed by atoms with Crippen molar-refractivity contribution in [2.24, 2.45) is 0 Å². The van der Waals surface area contributed by atoms with Crippen LogP contribution >= 0.6 is 0 Å². The average Bonchev–Trinajstić information content (AvgIpc) is 3.49. The van der Waals surface area contributed by atoms with E-state index >= 15 is 0 Å². The molecule has 0 aliphatic carbocycles. The van der Waals surface area contributed by atoms with Gasteiger partial charge in [-0.15, -0.1) is 0 Å². The van der Waals surface area contributed by atoms with Gasteiger partial charge in [0, 0.05) is 39.0 Å². The molecule has 0 atom stereocenters. The molecular formula is C23H26N4O4. The zero-order valence-corrected chi connectivity index (χ0v) is 17.8. The Balaban J connectivity index is 1.27. The fourth-order valence-corrected chi connectivity index (χ4v) is 3.77. The van der Waals surface area contributed by atoms with Crippen LogP contribution in [0.15, 0.2) is 57.7 Å². The maximum Gasteiger partial charge on any atom is 0.238 e. The van der Waals surface area contributed by atoms with Gasteiger partial charge in [0.15, 0.2) is 5.76 Å². The summed E-state index contributed by atoms with van der Waals surface area (Å²) in [7, 11) is 0. The first-order chi connectivity index (χ1) is 14.9. The number of amides is 2. The van der Waals surface area contributed by atoms with Crippen LogP contribution in [-0.4, -0.2) is 57.9 Å². The highest BCUT2D eigenvalue weighted by molar-refractivity contribution is 5.87. The van der Waals surface area contributed by atoms with Gasteiger partial charge in [0.25, 0.3) is 0 Å². The fourth-order valence-electron chi connectivity index (χ4n) is 3.77. The quantitative estimate of drug-likeness (QED) is 0.606. The number of benzene rings is 1. The van der Waals surface area contributed by atoms with Crippen molar-refractivity contribution in [2.45, 2.75) is 32.1 Å². The van der Waals surface area contributed by atoms with Crippen molar-refractivity contribution in [1.82, 2.24) is 19.9 Å². The van der Waals surface area contributed by atoms with Crippen LogP contribution in [0.3, 0.4) is 0 Å². The molecule has 0 bridgehead atoms. The molecule has 31 heavy (non-hydrogen) atoms. The number of aryl methyl sites for hydroxylation is 1. The molecule has 1 aromatic carbocycles. The van der Waals surface area contributed by atoms with Crippen molar-refractivity contribution in [3.05, 3.63) is 60.2 Å². The van der Waals surface area contributed by atoms with Crippen molar-refractivity contribution in [2.75, 3.05) is 26.2 Å². The van der Waals surface area contributed by atoms with Gasteiger partial charge in [-0.25, -0.2) is 0 Å². The molecule has 0 saturated carbocycles. The first kappa shape index (κ1) is 20.8. The normalized spacial score (nSPS) is 14.6. The maximum atomic E-state index is 13.1. The minimum absolute atomic E-state index is 0.0205. The van der Waals surface area contributed by atoms with Crippen molar-refractivity contribution < 1.29 is 18.5 Å². The van der Waals surface area contributed by atoms with Gasteiger partial charge in [-0.1, -0.05) is 35.5 Å². The lowest BCUT2D eigenvalue weighted by atomic mass is 9.83. The van der Waals surface area contributed by atoms with Crippen LogP contribution in [0, 0.1) is 0 Å². The maximum absolute atomic E-state index is 13.1. The number of nitrogens with zero attached hydrogens (tertiary/aromatic N) is 4. The topological polar surface area (TPSA) is 92.7 Å². The van der Waals surface area contributed by atoms with E-state index in [1.807, 2.05) is 49.1 Å².